The van der Waals surface area contributed by atoms with Crippen LogP contribution in [0.1, 0.15) is 18.9 Å². The topological polar surface area (TPSA) is 43.3 Å². The molecule has 0 bridgehead atoms. The van der Waals surface area contributed by atoms with Crippen molar-refractivity contribution >= 4 is 23.1 Å². The van der Waals surface area contributed by atoms with Crippen LogP contribution in [0.4, 0.5) is 5.82 Å². The fourth-order valence-electron chi connectivity index (χ4n) is 2.38. The minimum Gasteiger partial charge on any atom is -0.383 e. The fraction of sp³-hybridized carbons (Fsp3) is 0.188. The van der Waals surface area contributed by atoms with Crippen molar-refractivity contribution in [3.63, 3.8) is 0 Å². The zero-order chi connectivity index (χ0) is 14.1. The van der Waals surface area contributed by atoms with Gasteiger partial charge in [-0.15, -0.1) is 0 Å². The minimum absolute atomic E-state index is 0.605. The zero-order valence-electron chi connectivity index (χ0n) is 11.3. The van der Waals surface area contributed by atoms with E-state index < -0.39 is 0 Å². The summed E-state index contributed by atoms with van der Waals surface area (Å²) in [6.07, 6.45) is 4.11. The van der Waals surface area contributed by atoms with Gasteiger partial charge in [0.25, 0.3) is 0 Å². The van der Waals surface area contributed by atoms with Crippen molar-refractivity contribution in [1.82, 2.24) is 9.38 Å². The normalized spacial score (nSPS) is 11.1. The van der Waals surface area contributed by atoms with E-state index >= 15 is 0 Å². The van der Waals surface area contributed by atoms with Crippen LogP contribution in [-0.2, 0) is 6.42 Å². The molecule has 3 nitrogen and oxygen atoms in total. The smallest absolute Gasteiger partial charge is 0.157 e. The van der Waals surface area contributed by atoms with E-state index in [0.717, 1.165) is 24.1 Å². The maximum absolute atomic E-state index is 6.18. The highest BCUT2D eigenvalue weighted by molar-refractivity contribution is 6.33. The van der Waals surface area contributed by atoms with E-state index in [1.807, 2.05) is 22.7 Å². The Labute approximate surface area is 123 Å². The molecule has 0 aliphatic carbocycles. The Balaban J connectivity index is 2.10. The van der Waals surface area contributed by atoms with Gasteiger partial charge in [0.05, 0.1) is 5.02 Å². The molecule has 0 saturated heterocycles. The summed E-state index contributed by atoms with van der Waals surface area (Å²) < 4.78 is 1.82. The molecule has 2 heterocycles. The number of hydrogen-bond donors (Lipinski definition) is 1. The molecule has 3 aromatic rings. The van der Waals surface area contributed by atoms with Crippen LogP contribution in [-0.4, -0.2) is 9.38 Å². The molecular weight excluding hydrogens is 270 g/mol. The lowest BCUT2D eigenvalue weighted by atomic mass is 10.1. The van der Waals surface area contributed by atoms with Gasteiger partial charge in [-0.05, 0) is 24.1 Å². The van der Waals surface area contributed by atoms with E-state index in [-0.39, 0.29) is 0 Å². The van der Waals surface area contributed by atoms with Gasteiger partial charge in [0, 0.05) is 11.8 Å². The Morgan fingerprint density at radius 2 is 1.95 bits per heavy atom. The number of nitrogen functional groups attached to an aromatic ring is 1. The van der Waals surface area contributed by atoms with E-state index in [4.69, 9.17) is 17.3 Å². The van der Waals surface area contributed by atoms with Crippen molar-refractivity contribution in [2.24, 2.45) is 0 Å². The van der Waals surface area contributed by atoms with E-state index in [2.05, 4.69) is 36.2 Å². The number of nitrogens with two attached hydrogens (primary N) is 1. The number of rotatable bonds is 3. The Hall–Kier alpha value is -2.00. The van der Waals surface area contributed by atoms with Gasteiger partial charge in [0.2, 0.25) is 0 Å². The van der Waals surface area contributed by atoms with E-state index in [0.29, 0.717) is 16.5 Å². The predicted octanol–water partition coefficient (Wildman–Crippen LogP) is 4.19. The first-order chi connectivity index (χ1) is 9.70. The fourth-order valence-corrected chi connectivity index (χ4v) is 2.59. The molecular formula is C16H16ClN3. The van der Waals surface area contributed by atoms with Gasteiger partial charge in [0.1, 0.15) is 11.5 Å². The maximum Gasteiger partial charge on any atom is 0.157 e. The average Bonchev–Trinajstić information content (AvgIpc) is 2.79. The van der Waals surface area contributed by atoms with Gasteiger partial charge in [0.15, 0.2) is 5.65 Å². The number of imidazole rings is 1. The molecule has 0 aliphatic heterocycles. The lowest BCUT2D eigenvalue weighted by molar-refractivity contribution is 0.922. The van der Waals surface area contributed by atoms with Crippen LogP contribution in [0, 0.1) is 0 Å². The SMILES string of the molecule is CCCc1ccc(-c2nc3c(Cl)cccn3c2N)cc1. The van der Waals surface area contributed by atoms with Crippen LogP contribution in [0.5, 0.6) is 0 Å². The van der Waals surface area contributed by atoms with Crippen molar-refractivity contribution in [3.05, 3.63) is 53.2 Å². The molecule has 2 N–H and O–H groups in total. The molecule has 0 unspecified atom stereocenters. The lowest BCUT2D eigenvalue weighted by Gasteiger charge is -2.02. The number of anilines is 1. The zero-order valence-corrected chi connectivity index (χ0v) is 12.1. The summed E-state index contributed by atoms with van der Waals surface area (Å²) >= 11 is 6.16. The molecule has 0 aliphatic rings. The Morgan fingerprint density at radius 1 is 1.20 bits per heavy atom. The van der Waals surface area contributed by atoms with Gasteiger partial charge in [-0.25, -0.2) is 4.98 Å². The van der Waals surface area contributed by atoms with Gasteiger partial charge >= 0.3 is 0 Å². The van der Waals surface area contributed by atoms with Crippen LogP contribution in [0.3, 0.4) is 0 Å². The highest BCUT2D eigenvalue weighted by atomic mass is 35.5. The minimum atomic E-state index is 0.605. The summed E-state index contributed by atoms with van der Waals surface area (Å²) in [6.45, 7) is 2.18. The highest BCUT2D eigenvalue weighted by Crippen LogP contribution is 2.29. The molecule has 20 heavy (non-hydrogen) atoms. The predicted molar refractivity (Wildman–Crippen MR) is 84.0 cm³/mol. The second-order valence-corrected chi connectivity index (χ2v) is 5.25. The van der Waals surface area contributed by atoms with Crippen molar-refractivity contribution in [2.45, 2.75) is 19.8 Å². The maximum atomic E-state index is 6.18. The molecule has 0 fully saturated rings. The van der Waals surface area contributed by atoms with Crippen molar-refractivity contribution < 1.29 is 0 Å². The first kappa shape index (κ1) is 13.0. The molecule has 0 atom stereocenters. The summed E-state index contributed by atoms with van der Waals surface area (Å²) in [7, 11) is 0. The molecule has 0 radical (unpaired) electrons. The quantitative estimate of drug-likeness (QED) is 0.784. The standard InChI is InChI=1S/C16H16ClN3/c1-2-4-11-6-8-12(9-7-11)14-15(18)20-10-3-5-13(17)16(20)19-14/h3,5-10H,2,4,18H2,1H3. The molecule has 0 saturated carbocycles. The number of nitrogens with zero attached hydrogens (tertiary/aromatic N) is 2. The van der Waals surface area contributed by atoms with Gasteiger partial charge in [-0.1, -0.05) is 49.2 Å². The molecule has 102 valence electrons. The summed E-state index contributed by atoms with van der Waals surface area (Å²) in [5, 5.41) is 0.605. The van der Waals surface area contributed by atoms with Crippen LogP contribution in [0.15, 0.2) is 42.6 Å². The number of aromatic nitrogens is 2. The summed E-state index contributed by atoms with van der Waals surface area (Å²) in [5.41, 5.74) is 10.00. The van der Waals surface area contributed by atoms with E-state index in [1.54, 1.807) is 0 Å². The summed E-state index contributed by atoms with van der Waals surface area (Å²) in [4.78, 5) is 4.56. The molecule has 0 spiro atoms. The first-order valence-corrected chi connectivity index (χ1v) is 7.10. The van der Waals surface area contributed by atoms with E-state index in [9.17, 15) is 0 Å². The number of pyridine rings is 1. The average molecular weight is 286 g/mol. The van der Waals surface area contributed by atoms with E-state index in [1.165, 1.54) is 5.56 Å². The molecule has 3 rings (SSSR count). The molecule has 4 heteroatoms. The Morgan fingerprint density at radius 3 is 2.60 bits per heavy atom. The highest BCUT2D eigenvalue weighted by Gasteiger charge is 2.12. The first-order valence-electron chi connectivity index (χ1n) is 6.72. The van der Waals surface area contributed by atoms with Gasteiger partial charge < -0.3 is 5.73 Å². The Bertz CT molecular complexity index is 744. The molecule has 1 aromatic carbocycles. The monoisotopic (exact) mass is 285 g/mol. The second-order valence-electron chi connectivity index (χ2n) is 4.84. The number of benzene rings is 1. The second kappa shape index (κ2) is 5.17. The number of halogens is 1. The number of fused-ring (bicyclic) bond motifs is 1. The Kier molecular flexibility index (Phi) is 3.36. The third-order valence-electron chi connectivity index (χ3n) is 3.41. The van der Waals surface area contributed by atoms with Crippen LogP contribution in [0.25, 0.3) is 16.9 Å². The van der Waals surface area contributed by atoms with Crippen LogP contribution >= 0.6 is 11.6 Å². The number of aryl methyl sites for hydroxylation is 1. The van der Waals surface area contributed by atoms with Crippen LogP contribution in [0.2, 0.25) is 5.02 Å². The molecule has 0 amide bonds. The lowest BCUT2D eigenvalue weighted by Crippen LogP contribution is -1.94. The van der Waals surface area contributed by atoms with Crippen molar-refractivity contribution in [3.8, 4) is 11.3 Å². The number of hydrogen-bond acceptors (Lipinski definition) is 2. The molecule has 2 aromatic heterocycles. The van der Waals surface area contributed by atoms with Crippen molar-refractivity contribution in [1.29, 1.82) is 0 Å². The third-order valence-corrected chi connectivity index (χ3v) is 3.70. The van der Waals surface area contributed by atoms with Gasteiger partial charge in [-0.3, -0.25) is 4.40 Å². The van der Waals surface area contributed by atoms with Gasteiger partial charge in [-0.2, -0.15) is 0 Å². The summed E-state index contributed by atoms with van der Waals surface area (Å²) in [5.74, 6) is 0.616. The largest absolute Gasteiger partial charge is 0.383 e. The van der Waals surface area contributed by atoms with Crippen LogP contribution < -0.4 is 5.73 Å². The third kappa shape index (κ3) is 2.14. The summed E-state index contributed by atoms with van der Waals surface area (Å²) in [6, 6.07) is 12.1. The van der Waals surface area contributed by atoms with Crippen molar-refractivity contribution in [2.75, 3.05) is 5.73 Å².